The summed E-state index contributed by atoms with van der Waals surface area (Å²) in [5.41, 5.74) is 4.06. The van der Waals surface area contributed by atoms with Crippen LogP contribution in [0.5, 0.6) is 0 Å². The first-order valence-electron chi connectivity index (χ1n) is 10.0. The Morgan fingerprint density at radius 2 is 1.81 bits per heavy atom. The fraction of sp³-hybridized carbons (Fsp3) is 0.500. The summed E-state index contributed by atoms with van der Waals surface area (Å²) in [6, 6.07) is 9.65. The first kappa shape index (κ1) is 16.9. The Bertz CT molecular complexity index is 857. The first-order chi connectivity index (χ1) is 13.1. The lowest BCUT2D eigenvalue weighted by molar-refractivity contribution is -0.00345. The van der Waals surface area contributed by atoms with E-state index in [0.29, 0.717) is 29.5 Å². The molecule has 0 spiro atoms. The maximum Gasteiger partial charge on any atom is 0.257 e. The van der Waals surface area contributed by atoms with Gasteiger partial charge in [-0.25, -0.2) is 9.97 Å². The van der Waals surface area contributed by atoms with Crippen LogP contribution < -0.4 is 0 Å². The Hall–Kier alpha value is -2.27. The minimum Gasteiger partial charge on any atom is -0.333 e. The van der Waals surface area contributed by atoms with Crippen LogP contribution in [-0.2, 0) is 0 Å². The van der Waals surface area contributed by atoms with Gasteiger partial charge < -0.3 is 4.90 Å². The summed E-state index contributed by atoms with van der Waals surface area (Å²) in [5.74, 6) is 1.10. The van der Waals surface area contributed by atoms with E-state index in [2.05, 4.69) is 51.0 Å². The third kappa shape index (κ3) is 2.67. The molecule has 3 atom stereocenters. The summed E-state index contributed by atoms with van der Waals surface area (Å²) in [5, 5.41) is 0. The van der Waals surface area contributed by atoms with Crippen molar-refractivity contribution in [2.45, 2.75) is 44.7 Å². The third-order valence-corrected chi connectivity index (χ3v) is 6.90. The summed E-state index contributed by atoms with van der Waals surface area (Å²) in [4.78, 5) is 26.6. The average Bonchev–Trinajstić information content (AvgIpc) is 3.12. The second-order valence-electron chi connectivity index (χ2n) is 8.35. The number of fused-ring (bicyclic) bond motifs is 2. The molecule has 4 saturated heterocycles. The predicted octanol–water partition coefficient (Wildman–Crippen LogP) is 2.80. The number of nitrogens with zero attached hydrogens (tertiary/aromatic N) is 4. The van der Waals surface area contributed by atoms with Crippen LogP contribution in [-0.4, -0.2) is 57.4 Å². The van der Waals surface area contributed by atoms with Gasteiger partial charge in [-0.3, -0.25) is 9.69 Å². The van der Waals surface area contributed by atoms with Crippen LogP contribution in [0.3, 0.4) is 0 Å². The van der Waals surface area contributed by atoms with Crippen molar-refractivity contribution in [3.05, 3.63) is 59.2 Å². The maximum atomic E-state index is 13.5. The van der Waals surface area contributed by atoms with E-state index in [9.17, 15) is 4.79 Å². The number of carbonyl (C=O) groups is 1. The zero-order valence-corrected chi connectivity index (χ0v) is 16.0. The number of amides is 1. The molecule has 140 valence electrons. The van der Waals surface area contributed by atoms with Gasteiger partial charge in [0.1, 0.15) is 6.33 Å². The topological polar surface area (TPSA) is 49.3 Å². The lowest BCUT2D eigenvalue weighted by Gasteiger charge is -2.51. The van der Waals surface area contributed by atoms with E-state index >= 15 is 0 Å². The fourth-order valence-corrected chi connectivity index (χ4v) is 5.52. The minimum absolute atomic E-state index is 0.103. The summed E-state index contributed by atoms with van der Waals surface area (Å²) in [7, 11) is 0. The quantitative estimate of drug-likeness (QED) is 0.824. The van der Waals surface area contributed by atoms with E-state index in [1.54, 1.807) is 6.20 Å². The molecule has 2 aromatic rings. The van der Waals surface area contributed by atoms with Crippen molar-refractivity contribution in [2.24, 2.45) is 5.92 Å². The minimum atomic E-state index is 0.103. The highest BCUT2D eigenvalue weighted by molar-refractivity contribution is 5.95. The molecule has 5 nitrogen and oxygen atoms in total. The number of carbonyl (C=O) groups excluding carboxylic acids is 1. The van der Waals surface area contributed by atoms with E-state index in [1.807, 2.05) is 6.92 Å². The smallest absolute Gasteiger partial charge is 0.257 e. The molecule has 4 aliphatic heterocycles. The van der Waals surface area contributed by atoms with E-state index in [0.717, 1.165) is 12.2 Å². The summed E-state index contributed by atoms with van der Waals surface area (Å²) in [6.45, 7) is 7.16. The number of piperidine rings is 3. The summed E-state index contributed by atoms with van der Waals surface area (Å²) < 4.78 is 0. The normalized spacial score (nSPS) is 31.8. The van der Waals surface area contributed by atoms with Crippen molar-refractivity contribution in [2.75, 3.05) is 19.6 Å². The van der Waals surface area contributed by atoms with E-state index in [4.69, 9.17) is 0 Å². The molecule has 1 amide bonds. The van der Waals surface area contributed by atoms with E-state index in [-0.39, 0.29) is 5.91 Å². The highest BCUT2D eigenvalue weighted by atomic mass is 16.2. The molecule has 4 fully saturated rings. The van der Waals surface area contributed by atoms with Crippen LogP contribution in [0.1, 0.15) is 45.9 Å². The summed E-state index contributed by atoms with van der Waals surface area (Å²) in [6.07, 6.45) is 5.61. The second-order valence-corrected chi connectivity index (χ2v) is 8.35. The summed E-state index contributed by atoms with van der Waals surface area (Å²) >= 11 is 0. The largest absolute Gasteiger partial charge is 0.333 e. The van der Waals surface area contributed by atoms with Gasteiger partial charge in [-0.15, -0.1) is 0 Å². The third-order valence-electron chi connectivity index (χ3n) is 6.90. The van der Waals surface area contributed by atoms with Crippen molar-refractivity contribution in [3.8, 4) is 0 Å². The SMILES string of the molecule is Cc1ccc([C@H]2CN(C(=O)c3cncnc3C)[C@@H]3C4CCN(CC4)[C@H]23)cc1. The van der Waals surface area contributed by atoms with Crippen LogP contribution in [0, 0.1) is 19.8 Å². The van der Waals surface area contributed by atoms with Crippen molar-refractivity contribution >= 4 is 5.91 Å². The Labute approximate surface area is 160 Å². The molecule has 27 heavy (non-hydrogen) atoms. The second kappa shape index (κ2) is 6.41. The molecule has 6 rings (SSSR count). The molecule has 0 radical (unpaired) electrons. The van der Waals surface area contributed by atoms with Gasteiger partial charge in [0, 0.05) is 24.7 Å². The van der Waals surface area contributed by atoms with Gasteiger partial charge in [0.25, 0.3) is 5.91 Å². The number of benzene rings is 1. The molecule has 1 aromatic carbocycles. The molecule has 0 aliphatic carbocycles. The van der Waals surface area contributed by atoms with Crippen molar-refractivity contribution in [3.63, 3.8) is 0 Å². The van der Waals surface area contributed by atoms with Gasteiger partial charge in [-0.2, -0.15) is 0 Å². The molecule has 5 heteroatoms. The lowest BCUT2D eigenvalue weighted by Crippen LogP contribution is -2.60. The highest BCUT2D eigenvalue weighted by Gasteiger charge is 2.54. The first-order valence-corrected chi connectivity index (χ1v) is 10.0. The number of aryl methyl sites for hydroxylation is 2. The number of aromatic nitrogens is 2. The van der Waals surface area contributed by atoms with Gasteiger partial charge >= 0.3 is 0 Å². The molecule has 1 aromatic heterocycles. The van der Waals surface area contributed by atoms with Crippen LogP contribution in [0.2, 0.25) is 0 Å². The van der Waals surface area contributed by atoms with Crippen molar-refractivity contribution in [1.82, 2.24) is 19.8 Å². The fourth-order valence-electron chi connectivity index (χ4n) is 5.52. The van der Waals surface area contributed by atoms with Gasteiger partial charge in [-0.05, 0) is 51.3 Å². The van der Waals surface area contributed by atoms with E-state index < -0.39 is 0 Å². The Morgan fingerprint density at radius 3 is 2.52 bits per heavy atom. The highest BCUT2D eigenvalue weighted by Crippen LogP contribution is 2.47. The molecular weight excluding hydrogens is 336 g/mol. The Morgan fingerprint density at radius 1 is 1.07 bits per heavy atom. The number of hydrogen-bond donors (Lipinski definition) is 0. The molecule has 0 N–H and O–H groups in total. The molecule has 4 aliphatic rings. The zero-order chi connectivity index (χ0) is 18.5. The molecule has 0 unspecified atom stereocenters. The molecular formula is C22H26N4O. The van der Waals surface area contributed by atoms with E-state index in [1.165, 1.54) is 43.4 Å². The standard InChI is InChI=1S/C22H26N4O/c1-14-3-5-16(6-4-14)19-12-26(22(27)18-11-23-13-24-15(18)2)20-17-7-9-25(10-8-17)21(19)20/h3-6,11,13,17,19-21H,7-10,12H2,1-2H3/t19-,20-,21-/m1/s1. The molecule has 0 saturated carbocycles. The Kier molecular flexibility index (Phi) is 4.01. The van der Waals surface area contributed by atoms with Crippen molar-refractivity contribution < 1.29 is 4.79 Å². The van der Waals surface area contributed by atoms with Crippen molar-refractivity contribution in [1.29, 1.82) is 0 Å². The van der Waals surface area contributed by atoms with Crippen LogP contribution in [0.15, 0.2) is 36.8 Å². The van der Waals surface area contributed by atoms with Gasteiger partial charge in [-0.1, -0.05) is 29.8 Å². The maximum absolute atomic E-state index is 13.5. The predicted molar refractivity (Wildman–Crippen MR) is 104 cm³/mol. The van der Waals surface area contributed by atoms with Gasteiger partial charge in [0.05, 0.1) is 17.3 Å². The number of rotatable bonds is 2. The molecule has 5 heterocycles. The number of likely N-dealkylation sites (tertiary alicyclic amines) is 1. The zero-order valence-electron chi connectivity index (χ0n) is 16.0. The average molecular weight is 362 g/mol. The monoisotopic (exact) mass is 362 g/mol. The number of hydrogen-bond acceptors (Lipinski definition) is 4. The van der Waals surface area contributed by atoms with Crippen LogP contribution >= 0.6 is 0 Å². The van der Waals surface area contributed by atoms with Gasteiger partial charge in [0.15, 0.2) is 0 Å². The van der Waals surface area contributed by atoms with Crippen LogP contribution in [0.4, 0.5) is 0 Å². The lowest BCUT2D eigenvalue weighted by atomic mass is 9.75. The van der Waals surface area contributed by atoms with Gasteiger partial charge in [0.2, 0.25) is 0 Å². The molecule has 2 bridgehead atoms. The Balaban J connectivity index is 1.53. The van der Waals surface area contributed by atoms with Crippen LogP contribution in [0.25, 0.3) is 0 Å².